The molecule has 0 aliphatic rings. The molecule has 0 fully saturated rings. The Hall–Kier alpha value is -1.03. The lowest BCUT2D eigenvalue weighted by Crippen LogP contribution is -2.07. The Morgan fingerprint density at radius 1 is 1.64 bits per heavy atom. The van der Waals surface area contributed by atoms with Crippen molar-refractivity contribution in [1.82, 2.24) is 4.98 Å². The Balaban J connectivity index is 2.24. The first-order valence-corrected chi connectivity index (χ1v) is 5.53. The molecule has 2 nitrogen and oxygen atoms in total. The fourth-order valence-corrected chi connectivity index (χ4v) is 1.50. The van der Waals surface area contributed by atoms with Crippen molar-refractivity contribution >= 4 is 17.6 Å². The van der Waals surface area contributed by atoms with Crippen LogP contribution in [0, 0.1) is 5.82 Å². The van der Waals surface area contributed by atoms with Crippen molar-refractivity contribution in [1.29, 1.82) is 0 Å². The summed E-state index contributed by atoms with van der Waals surface area (Å²) in [6.07, 6.45) is 3.42. The molecule has 0 aliphatic carbocycles. The van der Waals surface area contributed by atoms with Crippen molar-refractivity contribution in [3.8, 4) is 0 Å². The molecule has 0 atom stereocenters. The van der Waals surface area contributed by atoms with Gasteiger partial charge in [0, 0.05) is 24.2 Å². The summed E-state index contributed by atoms with van der Waals surface area (Å²) in [5.41, 5.74) is 0. The molecule has 0 aliphatic heterocycles. The van der Waals surface area contributed by atoms with Crippen LogP contribution in [0.2, 0.25) is 0 Å². The average Bonchev–Trinajstić information content (AvgIpc) is 2.20. The number of hydrogen-bond donors (Lipinski definition) is 1. The minimum absolute atomic E-state index is 0.304. The third-order valence-electron chi connectivity index (χ3n) is 1.53. The number of nitrogens with one attached hydrogen (secondary N) is 1. The number of aromatic nitrogens is 1. The van der Waals surface area contributed by atoms with Gasteiger partial charge in [0.05, 0.1) is 0 Å². The first-order valence-electron chi connectivity index (χ1n) is 4.37. The van der Waals surface area contributed by atoms with Crippen LogP contribution < -0.4 is 5.32 Å². The zero-order valence-electron chi connectivity index (χ0n) is 7.87. The Morgan fingerprint density at radius 2 is 2.50 bits per heavy atom. The van der Waals surface area contributed by atoms with E-state index in [0.29, 0.717) is 12.4 Å². The fraction of sp³-hybridized carbons (Fsp3) is 0.300. The first kappa shape index (κ1) is 11.0. The summed E-state index contributed by atoms with van der Waals surface area (Å²) in [5, 5.41) is 2.93. The van der Waals surface area contributed by atoms with Gasteiger partial charge in [-0.2, -0.15) is 11.8 Å². The van der Waals surface area contributed by atoms with Gasteiger partial charge in [-0.25, -0.2) is 9.37 Å². The molecule has 1 heterocycles. The van der Waals surface area contributed by atoms with Gasteiger partial charge in [-0.1, -0.05) is 6.08 Å². The fourth-order valence-electron chi connectivity index (χ4n) is 0.924. The Morgan fingerprint density at radius 3 is 3.21 bits per heavy atom. The van der Waals surface area contributed by atoms with Crippen LogP contribution >= 0.6 is 11.8 Å². The zero-order valence-corrected chi connectivity index (χ0v) is 8.69. The maximum Gasteiger partial charge on any atom is 0.165 e. The van der Waals surface area contributed by atoms with Crippen molar-refractivity contribution in [2.24, 2.45) is 0 Å². The van der Waals surface area contributed by atoms with Crippen molar-refractivity contribution in [2.45, 2.75) is 0 Å². The van der Waals surface area contributed by atoms with Gasteiger partial charge >= 0.3 is 0 Å². The molecule has 0 unspecified atom stereocenters. The summed E-state index contributed by atoms with van der Waals surface area (Å²) in [6.45, 7) is 4.33. The topological polar surface area (TPSA) is 24.9 Å². The third kappa shape index (κ3) is 3.79. The van der Waals surface area contributed by atoms with Gasteiger partial charge in [0.15, 0.2) is 11.6 Å². The molecule has 14 heavy (non-hydrogen) atoms. The second kappa shape index (κ2) is 6.43. The molecular formula is C10H13FN2S. The molecule has 0 spiro atoms. The Bertz CT molecular complexity index is 291. The molecule has 76 valence electrons. The van der Waals surface area contributed by atoms with E-state index in [9.17, 15) is 4.39 Å². The maximum absolute atomic E-state index is 13.0. The van der Waals surface area contributed by atoms with E-state index in [1.165, 1.54) is 6.07 Å². The molecular weight excluding hydrogens is 199 g/mol. The minimum atomic E-state index is -0.304. The number of anilines is 1. The molecule has 1 aromatic heterocycles. The van der Waals surface area contributed by atoms with E-state index < -0.39 is 0 Å². The van der Waals surface area contributed by atoms with Crippen LogP contribution in [0.4, 0.5) is 10.2 Å². The highest BCUT2D eigenvalue weighted by atomic mass is 32.2. The summed E-state index contributed by atoms with van der Waals surface area (Å²) in [5.74, 6) is 1.86. The van der Waals surface area contributed by atoms with Crippen LogP contribution in [0.5, 0.6) is 0 Å². The van der Waals surface area contributed by atoms with Gasteiger partial charge in [0.25, 0.3) is 0 Å². The minimum Gasteiger partial charge on any atom is -0.367 e. The van der Waals surface area contributed by atoms with Gasteiger partial charge in [0.2, 0.25) is 0 Å². The number of thioether (sulfide) groups is 1. The summed E-state index contributed by atoms with van der Waals surface area (Å²) in [7, 11) is 0. The van der Waals surface area contributed by atoms with Gasteiger partial charge in [0.1, 0.15) is 0 Å². The zero-order chi connectivity index (χ0) is 10.2. The smallest absolute Gasteiger partial charge is 0.165 e. The van der Waals surface area contributed by atoms with Crippen molar-refractivity contribution in [3.63, 3.8) is 0 Å². The molecule has 0 amide bonds. The van der Waals surface area contributed by atoms with Gasteiger partial charge in [-0.15, -0.1) is 6.58 Å². The van der Waals surface area contributed by atoms with E-state index in [-0.39, 0.29) is 5.82 Å². The number of rotatable bonds is 6. The molecule has 1 N–H and O–H groups in total. The maximum atomic E-state index is 13.0. The predicted molar refractivity (Wildman–Crippen MR) is 60.2 cm³/mol. The molecule has 0 saturated carbocycles. The number of halogens is 1. The van der Waals surface area contributed by atoms with Crippen LogP contribution in [0.1, 0.15) is 0 Å². The van der Waals surface area contributed by atoms with Crippen molar-refractivity contribution in [3.05, 3.63) is 36.8 Å². The van der Waals surface area contributed by atoms with Gasteiger partial charge in [-0.3, -0.25) is 0 Å². The molecule has 1 aromatic rings. The van der Waals surface area contributed by atoms with E-state index >= 15 is 0 Å². The van der Waals surface area contributed by atoms with Crippen LogP contribution in [-0.2, 0) is 0 Å². The van der Waals surface area contributed by atoms with Crippen LogP contribution in [0.25, 0.3) is 0 Å². The molecule has 0 bridgehead atoms. The summed E-state index contributed by atoms with van der Waals surface area (Å²) in [6, 6.07) is 2.97. The summed E-state index contributed by atoms with van der Waals surface area (Å²) >= 11 is 1.75. The Kier molecular flexibility index (Phi) is 5.07. The first-order chi connectivity index (χ1) is 6.84. The van der Waals surface area contributed by atoms with Gasteiger partial charge in [-0.05, 0) is 12.1 Å². The average molecular weight is 212 g/mol. The lowest BCUT2D eigenvalue weighted by Gasteiger charge is -2.04. The summed E-state index contributed by atoms with van der Waals surface area (Å²) in [4.78, 5) is 3.88. The highest BCUT2D eigenvalue weighted by Crippen LogP contribution is 2.08. The Labute approximate surface area is 87.6 Å². The van der Waals surface area contributed by atoms with E-state index in [2.05, 4.69) is 16.9 Å². The van der Waals surface area contributed by atoms with Crippen molar-refractivity contribution in [2.75, 3.05) is 23.4 Å². The number of pyridine rings is 1. The predicted octanol–water partition coefficient (Wildman–Crippen LogP) is 2.55. The lowest BCUT2D eigenvalue weighted by atomic mass is 10.4. The highest BCUT2D eigenvalue weighted by Gasteiger charge is 1.99. The summed E-state index contributed by atoms with van der Waals surface area (Å²) < 4.78 is 13.0. The normalized spacial score (nSPS) is 9.79. The van der Waals surface area contributed by atoms with Gasteiger partial charge < -0.3 is 5.32 Å². The molecule has 0 radical (unpaired) electrons. The van der Waals surface area contributed by atoms with E-state index in [1.807, 2.05) is 6.08 Å². The number of hydrogen-bond acceptors (Lipinski definition) is 3. The highest BCUT2D eigenvalue weighted by molar-refractivity contribution is 7.99. The molecule has 1 rings (SSSR count). The largest absolute Gasteiger partial charge is 0.367 e. The second-order valence-electron chi connectivity index (χ2n) is 2.62. The molecule has 0 saturated heterocycles. The SMILES string of the molecule is C=CCSCCNc1ncccc1F. The number of nitrogens with zero attached hydrogens (tertiary/aromatic N) is 1. The van der Waals surface area contributed by atoms with Crippen molar-refractivity contribution < 1.29 is 4.39 Å². The standard InChI is InChI=1S/C10H13FN2S/c1-2-7-14-8-6-13-10-9(11)4-3-5-12-10/h2-5H,1,6-8H2,(H,12,13). The molecule has 4 heteroatoms. The van der Waals surface area contributed by atoms with Crippen LogP contribution in [0.3, 0.4) is 0 Å². The van der Waals surface area contributed by atoms with E-state index in [1.54, 1.807) is 24.0 Å². The van der Waals surface area contributed by atoms with Crippen LogP contribution in [-0.4, -0.2) is 23.0 Å². The third-order valence-corrected chi connectivity index (χ3v) is 2.50. The second-order valence-corrected chi connectivity index (χ2v) is 3.77. The monoisotopic (exact) mass is 212 g/mol. The van der Waals surface area contributed by atoms with E-state index in [0.717, 1.165) is 11.5 Å². The molecule has 0 aromatic carbocycles. The quantitative estimate of drug-likeness (QED) is 0.579. The lowest BCUT2D eigenvalue weighted by molar-refractivity contribution is 0.625. The van der Waals surface area contributed by atoms with Crippen LogP contribution in [0.15, 0.2) is 31.0 Å². The van der Waals surface area contributed by atoms with E-state index in [4.69, 9.17) is 0 Å².